The first-order chi connectivity index (χ1) is 16.8. The number of nitrogens with zero attached hydrogens (tertiary/aromatic N) is 1. The van der Waals surface area contributed by atoms with Crippen LogP contribution in [0, 0.1) is 17.5 Å². The Morgan fingerprint density at radius 2 is 1.69 bits per heavy atom. The van der Waals surface area contributed by atoms with Crippen molar-refractivity contribution in [3.63, 3.8) is 0 Å². The molecule has 1 atom stereocenters. The van der Waals surface area contributed by atoms with E-state index >= 15 is 0 Å². The molecule has 0 aliphatic rings. The maximum absolute atomic E-state index is 13.8. The number of nitrogens with two attached hydrogens (primary N) is 1. The van der Waals surface area contributed by atoms with E-state index in [-0.39, 0.29) is 17.6 Å². The average Bonchev–Trinajstić information content (AvgIpc) is 2.84. The maximum Gasteiger partial charge on any atom is 0.251 e. The van der Waals surface area contributed by atoms with Gasteiger partial charge in [-0.25, -0.2) is 13.2 Å². The molecule has 0 aliphatic heterocycles. The Labute approximate surface area is 201 Å². The second-order valence-corrected chi connectivity index (χ2v) is 8.14. The van der Waals surface area contributed by atoms with Crippen LogP contribution in [0.15, 0.2) is 55.2 Å². The number of anilines is 1. The average molecular weight is 485 g/mol. The van der Waals surface area contributed by atoms with Crippen molar-refractivity contribution in [2.24, 2.45) is 5.73 Å². The largest absolute Gasteiger partial charge is 0.341 e. The van der Waals surface area contributed by atoms with Crippen molar-refractivity contribution in [3.8, 4) is 0 Å². The number of halogens is 3. The van der Waals surface area contributed by atoms with Gasteiger partial charge in [0, 0.05) is 11.8 Å². The van der Waals surface area contributed by atoms with E-state index in [0.29, 0.717) is 18.7 Å². The molecule has 0 saturated carbocycles. The number of hydrogen-bond acceptors (Lipinski definition) is 4. The van der Waals surface area contributed by atoms with E-state index in [1.807, 2.05) is 24.3 Å². The topological polar surface area (TPSA) is 97.1 Å². The smallest absolute Gasteiger partial charge is 0.251 e. The van der Waals surface area contributed by atoms with Crippen LogP contribution in [0.2, 0.25) is 0 Å². The van der Waals surface area contributed by atoms with Gasteiger partial charge in [-0.1, -0.05) is 37.6 Å². The second kappa shape index (κ2) is 12.1. The molecule has 0 unspecified atom stereocenters. The van der Waals surface area contributed by atoms with Crippen LogP contribution in [0.5, 0.6) is 0 Å². The van der Waals surface area contributed by atoms with E-state index in [9.17, 15) is 22.8 Å². The molecule has 2 amide bonds. The first-order valence-electron chi connectivity index (χ1n) is 11.3. The molecule has 0 aliphatic carbocycles. The first kappa shape index (κ1) is 25.9. The number of carbonyl (C=O) groups is 2. The number of carbonyl (C=O) groups excluding carboxylic acids is 2. The Kier molecular flexibility index (Phi) is 8.97. The number of hydrogen-bond donors (Lipinski definition) is 3. The number of para-hydroxylation sites is 1. The summed E-state index contributed by atoms with van der Waals surface area (Å²) in [7, 11) is 0. The van der Waals surface area contributed by atoms with Crippen molar-refractivity contribution in [1.29, 1.82) is 0 Å². The first-order valence-corrected chi connectivity index (χ1v) is 11.3. The lowest BCUT2D eigenvalue weighted by Crippen LogP contribution is -2.44. The van der Waals surface area contributed by atoms with E-state index < -0.39 is 35.3 Å². The van der Waals surface area contributed by atoms with Gasteiger partial charge in [0.15, 0.2) is 17.5 Å². The molecule has 9 heteroatoms. The minimum atomic E-state index is -1.63. The minimum absolute atomic E-state index is 0.0921. The number of amides is 2. The van der Waals surface area contributed by atoms with E-state index in [1.54, 1.807) is 6.07 Å². The molecule has 1 aromatic heterocycles. The van der Waals surface area contributed by atoms with Crippen LogP contribution in [0.1, 0.15) is 37.7 Å². The van der Waals surface area contributed by atoms with E-state index in [4.69, 9.17) is 5.73 Å². The maximum atomic E-state index is 13.8. The number of unbranched alkanes of at least 4 members (excludes halogenated alkanes) is 3. The molecular formula is C26H27F3N4O2. The van der Waals surface area contributed by atoms with Crippen molar-refractivity contribution < 1.29 is 22.8 Å². The highest BCUT2D eigenvalue weighted by atomic mass is 19.2. The molecule has 0 spiro atoms. The summed E-state index contributed by atoms with van der Waals surface area (Å²) in [6.45, 7) is 4.33. The van der Waals surface area contributed by atoms with Crippen LogP contribution in [0.3, 0.4) is 0 Å². The van der Waals surface area contributed by atoms with Gasteiger partial charge >= 0.3 is 0 Å². The predicted molar refractivity (Wildman–Crippen MR) is 130 cm³/mol. The molecule has 0 fully saturated rings. The van der Waals surface area contributed by atoms with E-state index in [1.165, 1.54) is 6.20 Å². The zero-order valence-corrected chi connectivity index (χ0v) is 19.1. The molecule has 2 aromatic carbocycles. The fourth-order valence-electron chi connectivity index (χ4n) is 3.59. The third-order valence-corrected chi connectivity index (χ3v) is 5.49. The standard InChI is InChI=1S/C26H27F3N4O2/c1-16(18-13-20(27)24(29)21(28)14-18)25(33-23(34)10-4-2-3-7-11-30)26(35)32-19-12-17-8-5-6-9-22(17)31-15-19/h5-6,8-9,12-15,25H,1-4,7,10-11,30H2,(H,32,35)(H,33,34)/t25-/m1/s1. The number of pyridine rings is 1. The van der Waals surface area contributed by atoms with E-state index in [0.717, 1.165) is 42.3 Å². The summed E-state index contributed by atoms with van der Waals surface area (Å²) < 4.78 is 41.1. The Hall–Kier alpha value is -3.72. The molecule has 3 rings (SSSR count). The molecular weight excluding hydrogens is 457 g/mol. The van der Waals surface area contributed by atoms with Crippen LogP contribution in [0.4, 0.5) is 18.9 Å². The molecule has 0 bridgehead atoms. The fraction of sp³-hybridized carbons (Fsp3) is 0.269. The Bertz CT molecular complexity index is 1210. The number of benzene rings is 2. The predicted octanol–water partition coefficient (Wildman–Crippen LogP) is 4.70. The third-order valence-electron chi connectivity index (χ3n) is 5.49. The fourth-order valence-corrected chi connectivity index (χ4v) is 3.59. The summed E-state index contributed by atoms with van der Waals surface area (Å²) in [6.07, 6.45) is 4.71. The van der Waals surface area contributed by atoms with Crippen LogP contribution < -0.4 is 16.4 Å². The summed E-state index contributed by atoms with van der Waals surface area (Å²) in [5.41, 5.74) is 6.31. The van der Waals surface area contributed by atoms with Gasteiger partial charge < -0.3 is 16.4 Å². The Morgan fingerprint density at radius 3 is 2.40 bits per heavy atom. The molecule has 0 saturated heterocycles. The second-order valence-electron chi connectivity index (χ2n) is 8.14. The highest BCUT2D eigenvalue weighted by Crippen LogP contribution is 2.23. The van der Waals surface area contributed by atoms with Crippen LogP contribution in [-0.4, -0.2) is 29.4 Å². The van der Waals surface area contributed by atoms with Gasteiger partial charge in [0.05, 0.1) is 17.4 Å². The minimum Gasteiger partial charge on any atom is -0.341 e. The molecule has 3 aromatic rings. The van der Waals surface area contributed by atoms with Crippen molar-refractivity contribution >= 4 is 34.0 Å². The normalized spacial score (nSPS) is 11.8. The lowest BCUT2D eigenvalue weighted by molar-refractivity contribution is -0.125. The van der Waals surface area contributed by atoms with Gasteiger partial charge in [-0.3, -0.25) is 14.6 Å². The summed E-state index contributed by atoms with van der Waals surface area (Å²) >= 11 is 0. The quantitative estimate of drug-likeness (QED) is 0.272. The number of fused-ring (bicyclic) bond motifs is 1. The van der Waals surface area contributed by atoms with E-state index in [2.05, 4.69) is 22.2 Å². The number of aromatic nitrogens is 1. The van der Waals surface area contributed by atoms with Crippen molar-refractivity contribution in [2.45, 2.75) is 38.1 Å². The zero-order chi connectivity index (χ0) is 25.4. The Morgan fingerprint density at radius 1 is 1.00 bits per heavy atom. The molecule has 184 valence electrons. The number of rotatable bonds is 11. The molecule has 4 N–H and O–H groups in total. The van der Waals surface area contributed by atoms with Gasteiger partial charge in [0.1, 0.15) is 6.04 Å². The van der Waals surface area contributed by atoms with Gasteiger partial charge in [0.2, 0.25) is 5.91 Å². The lowest BCUT2D eigenvalue weighted by atomic mass is 9.98. The highest BCUT2D eigenvalue weighted by Gasteiger charge is 2.26. The van der Waals surface area contributed by atoms with Gasteiger partial charge in [-0.2, -0.15) is 0 Å². The van der Waals surface area contributed by atoms with Crippen molar-refractivity contribution in [2.75, 3.05) is 11.9 Å². The molecule has 35 heavy (non-hydrogen) atoms. The zero-order valence-electron chi connectivity index (χ0n) is 19.1. The number of nitrogens with one attached hydrogen (secondary N) is 2. The monoisotopic (exact) mass is 484 g/mol. The van der Waals surface area contributed by atoms with Crippen molar-refractivity contribution in [1.82, 2.24) is 10.3 Å². The molecule has 0 radical (unpaired) electrons. The van der Waals surface area contributed by atoms with Crippen LogP contribution in [-0.2, 0) is 9.59 Å². The van der Waals surface area contributed by atoms with Crippen LogP contribution in [0.25, 0.3) is 16.5 Å². The summed E-state index contributed by atoms with van der Waals surface area (Å²) in [5.74, 6) is -5.60. The highest BCUT2D eigenvalue weighted by molar-refractivity contribution is 6.05. The van der Waals surface area contributed by atoms with Gasteiger partial charge in [-0.05, 0) is 54.8 Å². The van der Waals surface area contributed by atoms with Gasteiger partial charge in [0.25, 0.3) is 5.91 Å². The summed E-state index contributed by atoms with van der Waals surface area (Å²) in [6, 6.07) is 9.11. The van der Waals surface area contributed by atoms with Crippen molar-refractivity contribution in [3.05, 3.63) is 78.3 Å². The SMILES string of the molecule is C=C(c1cc(F)c(F)c(F)c1)[C@@H](NC(=O)CCCCCCN)C(=O)Nc1cnc2ccccc2c1. The van der Waals surface area contributed by atoms with Gasteiger partial charge in [-0.15, -0.1) is 0 Å². The molecule has 1 heterocycles. The lowest BCUT2D eigenvalue weighted by Gasteiger charge is -2.21. The van der Waals surface area contributed by atoms with Crippen LogP contribution >= 0.6 is 0 Å². The molecule has 6 nitrogen and oxygen atoms in total. The Balaban J connectivity index is 1.80. The third kappa shape index (κ3) is 6.89. The summed E-state index contributed by atoms with van der Waals surface area (Å²) in [5, 5.41) is 6.03. The summed E-state index contributed by atoms with van der Waals surface area (Å²) in [4.78, 5) is 30.0.